The highest BCUT2D eigenvalue weighted by Gasteiger charge is 2.28. The van der Waals surface area contributed by atoms with Crippen LogP contribution in [0.3, 0.4) is 0 Å². The van der Waals surface area contributed by atoms with Gasteiger partial charge in [-0.2, -0.15) is 0 Å². The monoisotopic (exact) mass is 279 g/mol. The second kappa shape index (κ2) is 6.41. The summed E-state index contributed by atoms with van der Waals surface area (Å²) in [5, 5.41) is 11.8. The first-order valence-corrected chi connectivity index (χ1v) is 6.48. The highest BCUT2D eigenvalue weighted by atomic mass is 16.6. The van der Waals surface area contributed by atoms with Gasteiger partial charge in [0.2, 0.25) is 0 Å². The largest absolute Gasteiger partial charge is 0.481 e. The third-order valence-corrected chi connectivity index (χ3v) is 2.72. The maximum atomic E-state index is 11.8. The minimum absolute atomic E-state index is 0.626. The van der Waals surface area contributed by atoms with Crippen LogP contribution in [0.4, 0.5) is 4.79 Å². The lowest BCUT2D eigenvalue weighted by Gasteiger charge is -2.26. The molecular formula is C15H21NO4. The van der Waals surface area contributed by atoms with Gasteiger partial charge < -0.3 is 15.2 Å². The minimum atomic E-state index is -0.977. The first-order chi connectivity index (χ1) is 9.20. The zero-order valence-electron chi connectivity index (χ0n) is 12.2. The molecule has 0 spiro atoms. The van der Waals surface area contributed by atoms with Gasteiger partial charge in [0.05, 0.1) is 12.0 Å². The van der Waals surface area contributed by atoms with E-state index in [0.29, 0.717) is 0 Å². The molecule has 20 heavy (non-hydrogen) atoms. The van der Waals surface area contributed by atoms with Crippen molar-refractivity contribution in [3.8, 4) is 0 Å². The van der Waals surface area contributed by atoms with Crippen molar-refractivity contribution in [1.29, 1.82) is 0 Å². The maximum absolute atomic E-state index is 11.8. The van der Waals surface area contributed by atoms with E-state index in [-0.39, 0.29) is 0 Å². The molecule has 0 saturated carbocycles. The predicted octanol–water partition coefficient (Wildman–Crippen LogP) is 2.97. The van der Waals surface area contributed by atoms with Gasteiger partial charge in [0.25, 0.3) is 0 Å². The van der Waals surface area contributed by atoms with Crippen LogP contribution in [0.15, 0.2) is 30.3 Å². The fraction of sp³-hybridized carbons (Fsp3) is 0.467. The van der Waals surface area contributed by atoms with E-state index in [1.165, 1.54) is 0 Å². The lowest BCUT2D eigenvalue weighted by Crippen LogP contribution is -2.39. The summed E-state index contributed by atoms with van der Waals surface area (Å²) >= 11 is 0. The molecule has 0 aliphatic rings. The van der Waals surface area contributed by atoms with E-state index in [2.05, 4.69) is 5.32 Å². The number of rotatable bonds is 4. The number of nitrogens with one attached hydrogen (secondary N) is 1. The summed E-state index contributed by atoms with van der Waals surface area (Å²) in [6.45, 7) is 6.82. The van der Waals surface area contributed by atoms with Gasteiger partial charge in [-0.25, -0.2) is 4.79 Å². The number of carboxylic acid groups (broad SMARTS) is 1. The SMILES string of the molecule is C[C@@H](C(=O)O)[C@H](NC(=O)OC(C)(C)C)c1ccccc1. The summed E-state index contributed by atoms with van der Waals surface area (Å²) in [5.41, 5.74) is 0.103. The number of hydrogen-bond donors (Lipinski definition) is 2. The third kappa shape index (κ3) is 4.91. The average molecular weight is 279 g/mol. The fourth-order valence-corrected chi connectivity index (χ4v) is 1.73. The van der Waals surface area contributed by atoms with Gasteiger partial charge in [0, 0.05) is 0 Å². The molecule has 0 saturated heterocycles. The van der Waals surface area contributed by atoms with Gasteiger partial charge in [-0.1, -0.05) is 30.3 Å². The first-order valence-electron chi connectivity index (χ1n) is 6.48. The Labute approximate surface area is 118 Å². The standard InChI is InChI=1S/C15H21NO4/c1-10(13(17)18)12(11-8-6-5-7-9-11)16-14(19)20-15(2,3)4/h5-10,12H,1-4H3,(H,16,19)(H,17,18)/t10-,12+/m1/s1. The molecule has 0 aromatic heterocycles. The van der Waals surface area contributed by atoms with Crippen molar-refractivity contribution in [2.24, 2.45) is 5.92 Å². The van der Waals surface area contributed by atoms with E-state index in [9.17, 15) is 9.59 Å². The summed E-state index contributed by atoms with van der Waals surface area (Å²) < 4.78 is 5.18. The maximum Gasteiger partial charge on any atom is 0.408 e. The number of carbonyl (C=O) groups excluding carboxylic acids is 1. The predicted molar refractivity (Wildman–Crippen MR) is 75.4 cm³/mol. The van der Waals surface area contributed by atoms with Crippen molar-refractivity contribution >= 4 is 12.1 Å². The van der Waals surface area contributed by atoms with Gasteiger partial charge in [-0.15, -0.1) is 0 Å². The van der Waals surface area contributed by atoms with Crippen molar-refractivity contribution in [2.45, 2.75) is 39.3 Å². The van der Waals surface area contributed by atoms with Crippen LogP contribution in [-0.2, 0) is 9.53 Å². The molecule has 5 heteroatoms. The summed E-state index contributed by atoms with van der Waals surface area (Å²) in [7, 11) is 0. The number of ether oxygens (including phenoxy) is 1. The number of alkyl carbamates (subject to hydrolysis) is 1. The third-order valence-electron chi connectivity index (χ3n) is 2.72. The zero-order chi connectivity index (χ0) is 15.3. The van der Waals surface area contributed by atoms with Crippen molar-refractivity contribution in [1.82, 2.24) is 5.32 Å². The van der Waals surface area contributed by atoms with Crippen molar-refractivity contribution in [3.63, 3.8) is 0 Å². The second-order valence-electron chi connectivity index (χ2n) is 5.66. The number of amides is 1. The minimum Gasteiger partial charge on any atom is -0.481 e. The summed E-state index contributed by atoms with van der Waals surface area (Å²) in [5.74, 6) is -1.74. The van der Waals surface area contributed by atoms with E-state index in [1.54, 1.807) is 52.0 Å². The van der Waals surface area contributed by atoms with Crippen LogP contribution in [0.5, 0.6) is 0 Å². The highest BCUT2D eigenvalue weighted by molar-refractivity contribution is 5.74. The molecule has 0 unspecified atom stereocenters. The molecule has 0 aliphatic heterocycles. The number of hydrogen-bond acceptors (Lipinski definition) is 3. The molecule has 5 nitrogen and oxygen atoms in total. The van der Waals surface area contributed by atoms with Crippen molar-refractivity contribution in [3.05, 3.63) is 35.9 Å². The second-order valence-corrected chi connectivity index (χ2v) is 5.66. The summed E-state index contributed by atoms with van der Waals surface area (Å²) in [4.78, 5) is 23.0. The van der Waals surface area contributed by atoms with E-state index in [1.807, 2.05) is 6.07 Å². The average Bonchev–Trinajstić information content (AvgIpc) is 2.34. The Morgan fingerprint density at radius 3 is 2.20 bits per heavy atom. The van der Waals surface area contributed by atoms with Crippen LogP contribution in [-0.4, -0.2) is 22.8 Å². The lowest BCUT2D eigenvalue weighted by molar-refractivity contribution is -0.142. The molecule has 1 aromatic carbocycles. The molecule has 110 valence electrons. The van der Waals surface area contributed by atoms with Crippen molar-refractivity contribution in [2.75, 3.05) is 0 Å². The number of carbonyl (C=O) groups is 2. The lowest BCUT2D eigenvalue weighted by atomic mass is 9.95. The van der Waals surface area contributed by atoms with Crippen LogP contribution in [0.25, 0.3) is 0 Å². The van der Waals surface area contributed by atoms with Crippen LogP contribution < -0.4 is 5.32 Å². The molecule has 0 heterocycles. The van der Waals surface area contributed by atoms with Crippen molar-refractivity contribution < 1.29 is 19.4 Å². The number of carboxylic acids is 1. The topological polar surface area (TPSA) is 75.6 Å². The number of aliphatic carboxylic acids is 1. The Hall–Kier alpha value is -2.04. The van der Waals surface area contributed by atoms with Crippen LogP contribution >= 0.6 is 0 Å². The summed E-state index contributed by atoms with van der Waals surface area (Å²) in [6.07, 6.45) is -0.626. The van der Waals surface area contributed by atoms with Crippen LogP contribution in [0, 0.1) is 5.92 Å². The Bertz CT molecular complexity index is 465. The van der Waals surface area contributed by atoms with Gasteiger partial charge in [0.15, 0.2) is 0 Å². The van der Waals surface area contributed by atoms with Crippen LogP contribution in [0.2, 0.25) is 0 Å². The Morgan fingerprint density at radius 1 is 1.20 bits per heavy atom. The Morgan fingerprint density at radius 2 is 1.75 bits per heavy atom. The molecular weight excluding hydrogens is 258 g/mol. The van der Waals surface area contributed by atoms with E-state index in [4.69, 9.17) is 9.84 Å². The normalized spacial score (nSPS) is 14.2. The molecule has 1 aromatic rings. The van der Waals surface area contributed by atoms with E-state index >= 15 is 0 Å². The highest BCUT2D eigenvalue weighted by Crippen LogP contribution is 2.22. The van der Waals surface area contributed by atoms with E-state index < -0.39 is 29.6 Å². The van der Waals surface area contributed by atoms with Gasteiger partial charge in [-0.05, 0) is 33.3 Å². The molecule has 0 radical (unpaired) electrons. The molecule has 0 aliphatic carbocycles. The molecule has 0 bridgehead atoms. The molecule has 2 N–H and O–H groups in total. The quantitative estimate of drug-likeness (QED) is 0.888. The molecule has 0 fully saturated rings. The molecule has 1 amide bonds. The fourth-order valence-electron chi connectivity index (χ4n) is 1.73. The molecule has 1 rings (SSSR count). The smallest absolute Gasteiger partial charge is 0.408 e. The summed E-state index contributed by atoms with van der Waals surface area (Å²) in [6, 6.07) is 8.35. The van der Waals surface area contributed by atoms with Gasteiger partial charge in [-0.3, -0.25) is 4.79 Å². The van der Waals surface area contributed by atoms with Crippen LogP contribution in [0.1, 0.15) is 39.3 Å². The number of benzene rings is 1. The Kier molecular flexibility index (Phi) is 5.13. The molecule has 2 atom stereocenters. The Balaban J connectivity index is 2.90. The van der Waals surface area contributed by atoms with Gasteiger partial charge in [0.1, 0.15) is 5.60 Å². The van der Waals surface area contributed by atoms with Gasteiger partial charge >= 0.3 is 12.1 Å². The van der Waals surface area contributed by atoms with E-state index in [0.717, 1.165) is 5.56 Å². The zero-order valence-corrected chi connectivity index (χ0v) is 12.2. The first kappa shape index (κ1) is 16.0.